The van der Waals surface area contributed by atoms with Gasteiger partial charge in [-0.15, -0.1) is 0 Å². The molecule has 2 aromatic heterocycles. The number of hydrogen-bond acceptors (Lipinski definition) is 3. The van der Waals surface area contributed by atoms with Gasteiger partial charge in [0.15, 0.2) is 0 Å². The molecule has 0 N–H and O–H groups in total. The first-order valence-corrected chi connectivity index (χ1v) is 17.4. The summed E-state index contributed by atoms with van der Waals surface area (Å²) in [6.07, 6.45) is 0. The van der Waals surface area contributed by atoms with Crippen molar-refractivity contribution in [1.29, 1.82) is 5.26 Å². The maximum atomic E-state index is 10.3. The number of nitriles is 1. The summed E-state index contributed by atoms with van der Waals surface area (Å²) in [6.45, 7) is 0. The number of fused-ring (bicyclic) bond motifs is 6. The maximum absolute atomic E-state index is 10.3. The number of furan rings is 2. The van der Waals surface area contributed by atoms with Crippen LogP contribution in [-0.4, -0.2) is 0 Å². The van der Waals surface area contributed by atoms with Crippen molar-refractivity contribution in [2.24, 2.45) is 0 Å². The summed E-state index contributed by atoms with van der Waals surface area (Å²) < 4.78 is 12.8. The van der Waals surface area contributed by atoms with Crippen molar-refractivity contribution in [2.75, 3.05) is 0 Å². The normalized spacial score (nSPS) is 11.4. The molecule has 0 unspecified atom stereocenters. The number of benzene rings is 8. The van der Waals surface area contributed by atoms with Gasteiger partial charge in [0.25, 0.3) is 0 Å². The number of para-hydroxylation sites is 4. The highest BCUT2D eigenvalue weighted by atomic mass is 16.3. The van der Waals surface area contributed by atoms with E-state index in [-0.39, 0.29) is 0 Å². The van der Waals surface area contributed by atoms with Crippen LogP contribution < -0.4 is 0 Å². The second kappa shape index (κ2) is 12.0. The third-order valence-electron chi connectivity index (χ3n) is 10.1. The van der Waals surface area contributed by atoms with Gasteiger partial charge in [-0.3, -0.25) is 0 Å². The van der Waals surface area contributed by atoms with E-state index in [1.165, 1.54) is 0 Å². The number of nitrogens with zero attached hydrogens (tertiary/aromatic N) is 1. The second-order valence-corrected chi connectivity index (χ2v) is 13.2. The highest BCUT2D eigenvalue weighted by Gasteiger charge is 2.16. The average molecular weight is 664 g/mol. The van der Waals surface area contributed by atoms with E-state index in [0.29, 0.717) is 5.56 Å². The van der Waals surface area contributed by atoms with Crippen LogP contribution in [0.5, 0.6) is 0 Å². The molecule has 3 heteroatoms. The predicted molar refractivity (Wildman–Crippen MR) is 213 cm³/mol. The molecule has 8 aromatic carbocycles. The Balaban J connectivity index is 1.15. The fraction of sp³-hybridized carbons (Fsp3) is 0. The van der Waals surface area contributed by atoms with E-state index in [4.69, 9.17) is 8.83 Å². The SMILES string of the molecule is N#Cc1cc(-c2cc(-c3ccccc3)cc(-c3cccc(-c4cccc5c4oc4ccccc45)c3)c2)cc(-c2cccc3c2oc2ccccc23)c1. The Morgan fingerprint density at radius 1 is 0.327 bits per heavy atom. The van der Waals surface area contributed by atoms with Gasteiger partial charge >= 0.3 is 0 Å². The largest absolute Gasteiger partial charge is 0.455 e. The van der Waals surface area contributed by atoms with Crippen LogP contribution in [0.25, 0.3) is 99.5 Å². The molecule has 52 heavy (non-hydrogen) atoms. The molecule has 3 nitrogen and oxygen atoms in total. The maximum Gasteiger partial charge on any atom is 0.143 e. The Morgan fingerprint density at radius 2 is 0.750 bits per heavy atom. The van der Waals surface area contributed by atoms with Crippen molar-refractivity contribution in [1.82, 2.24) is 0 Å². The summed E-state index contributed by atoms with van der Waals surface area (Å²) >= 11 is 0. The lowest BCUT2D eigenvalue weighted by Crippen LogP contribution is -1.89. The quantitative estimate of drug-likeness (QED) is 0.184. The zero-order chi connectivity index (χ0) is 34.6. The molecule has 10 rings (SSSR count). The highest BCUT2D eigenvalue weighted by Crippen LogP contribution is 2.41. The van der Waals surface area contributed by atoms with Crippen LogP contribution >= 0.6 is 0 Å². The second-order valence-electron chi connectivity index (χ2n) is 13.2. The molecular weight excluding hydrogens is 635 g/mol. The van der Waals surface area contributed by atoms with Gasteiger partial charge in [0.1, 0.15) is 22.3 Å². The Morgan fingerprint density at radius 3 is 1.40 bits per heavy atom. The first-order valence-electron chi connectivity index (χ1n) is 17.4. The van der Waals surface area contributed by atoms with Gasteiger partial charge in [0.05, 0.1) is 11.6 Å². The molecular formula is C49H29NO2. The summed E-state index contributed by atoms with van der Waals surface area (Å²) in [7, 11) is 0. The van der Waals surface area contributed by atoms with Crippen molar-refractivity contribution in [3.8, 4) is 61.7 Å². The lowest BCUT2D eigenvalue weighted by molar-refractivity contribution is 0.669. The zero-order valence-electron chi connectivity index (χ0n) is 28.0. The zero-order valence-corrected chi connectivity index (χ0v) is 28.0. The van der Waals surface area contributed by atoms with E-state index < -0.39 is 0 Å². The summed E-state index contributed by atoms with van der Waals surface area (Å²) in [5.74, 6) is 0. The molecule has 0 amide bonds. The van der Waals surface area contributed by atoms with E-state index in [9.17, 15) is 5.26 Å². The molecule has 0 spiro atoms. The van der Waals surface area contributed by atoms with E-state index >= 15 is 0 Å². The number of hydrogen-bond donors (Lipinski definition) is 0. The third-order valence-corrected chi connectivity index (χ3v) is 10.1. The molecule has 0 aliphatic rings. The topological polar surface area (TPSA) is 50.1 Å². The Kier molecular flexibility index (Phi) is 6.87. The third kappa shape index (κ3) is 4.97. The van der Waals surface area contributed by atoms with Gasteiger partial charge in [0, 0.05) is 32.7 Å². The molecule has 2 heterocycles. The summed E-state index contributed by atoms with van der Waals surface area (Å²) in [6, 6.07) is 63.3. The minimum absolute atomic E-state index is 0.591. The molecule has 10 aromatic rings. The van der Waals surface area contributed by atoms with Gasteiger partial charge in [-0.05, 0) is 99.1 Å². The monoisotopic (exact) mass is 663 g/mol. The van der Waals surface area contributed by atoms with E-state index in [1.807, 2.05) is 48.5 Å². The lowest BCUT2D eigenvalue weighted by Gasteiger charge is -2.14. The van der Waals surface area contributed by atoms with Crippen LogP contribution in [0.3, 0.4) is 0 Å². The van der Waals surface area contributed by atoms with E-state index in [2.05, 4.69) is 133 Å². The molecule has 0 aliphatic heterocycles. The highest BCUT2D eigenvalue weighted by molar-refractivity contribution is 6.11. The van der Waals surface area contributed by atoms with Crippen LogP contribution in [0.4, 0.5) is 0 Å². The van der Waals surface area contributed by atoms with Crippen molar-refractivity contribution < 1.29 is 8.83 Å². The van der Waals surface area contributed by atoms with E-state index in [1.54, 1.807) is 0 Å². The van der Waals surface area contributed by atoms with Gasteiger partial charge in [-0.25, -0.2) is 0 Å². The summed E-state index contributed by atoms with van der Waals surface area (Å²) in [5.41, 5.74) is 14.4. The molecule has 0 aliphatic carbocycles. The minimum atomic E-state index is 0.591. The molecule has 0 saturated carbocycles. The summed E-state index contributed by atoms with van der Waals surface area (Å²) in [5, 5.41) is 14.6. The predicted octanol–water partition coefficient (Wildman–Crippen LogP) is 13.7. The fourth-order valence-corrected chi connectivity index (χ4v) is 7.59. The van der Waals surface area contributed by atoms with Crippen LogP contribution in [0.1, 0.15) is 5.56 Å². The molecule has 0 bridgehead atoms. The van der Waals surface area contributed by atoms with Crippen molar-refractivity contribution in [2.45, 2.75) is 0 Å². The molecule has 242 valence electrons. The van der Waals surface area contributed by atoms with Crippen LogP contribution in [0, 0.1) is 11.3 Å². The van der Waals surface area contributed by atoms with E-state index in [0.717, 1.165) is 99.5 Å². The van der Waals surface area contributed by atoms with Gasteiger partial charge < -0.3 is 8.83 Å². The first kappa shape index (κ1) is 29.7. The molecule has 0 radical (unpaired) electrons. The van der Waals surface area contributed by atoms with Crippen molar-refractivity contribution in [3.63, 3.8) is 0 Å². The fourth-order valence-electron chi connectivity index (χ4n) is 7.59. The van der Waals surface area contributed by atoms with Crippen LogP contribution in [-0.2, 0) is 0 Å². The smallest absolute Gasteiger partial charge is 0.143 e. The summed E-state index contributed by atoms with van der Waals surface area (Å²) in [4.78, 5) is 0. The van der Waals surface area contributed by atoms with Crippen LogP contribution in [0.15, 0.2) is 185 Å². The Labute approximate surface area is 300 Å². The molecule has 0 saturated heterocycles. The first-order chi connectivity index (χ1) is 25.7. The Hall–Kier alpha value is -7.15. The Bertz CT molecular complexity index is 3030. The molecule has 0 atom stereocenters. The van der Waals surface area contributed by atoms with Crippen molar-refractivity contribution >= 4 is 43.9 Å². The van der Waals surface area contributed by atoms with Gasteiger partial charge in [-0.1, -0.05) is 121 Å². The van der Waals surface area contributed by atoms with Gasteiger partial charge in [0.2, 0.25) is 0 Å². The van der Waals surface area contributed by atoms with Gasteiger partial charge in [-0.2, -0.15) is 5.26 Å². The standard InChI is InChI=1S/C49H29NO2/c50-30-31-23-35(29-39(24-31)41-18-10-20-45-43-16-5-7-22-47(43)52-49(41)45)38-27-36(32-11-2-1-3-12-32)26-37(28-38)33-13-8-14-34(25-33)40-17-9-19-44-42-15-4-6-21-46(42)51-48(40)44/h1-29H. The lowest BCUT2D eigenvalue weighted by atomic mass is 9.90. The minimum Gasteiger partial charge on any atom is -0.455 e. The molecule has 0 fully saturated rings. The number of rotatable bonds is 5. The van der Waals surface area contributed by atoms with Crippen molar-refractivity contribution in [3.05, 3.63) is 181 Å². The average Bonchev–Trinajstić information content (AvgIpc) is 3.80. The van der Waals surface area contributed by atoms with Crippen LogP contribution in [0.2, 0.25) is 0 Å².